The first-order valence-electron chi connectivity index (χ1n) is 7.50. The summed E-state index contributed by atoms with van der Waals surface area (Å²) in [4.78, 5) is 19.9. The van der Waals surface area contributed by atoms with Crippen LogP contribution < -0.4 is 10.6 Å². The molecule has 0 saturated heterocycles. The predicted octanol–water partition coefficient (Wildman–Crippen LogP) is 4.14. The van der Waals surface area contributed by atoms with Gasteiger partial charge in [-0.25, -0.2) is 9.78 Å². The second-order valence-corrected chi connectivity index (χ2v) is 5.54. The zero-order valence-corrected chi connectivity index (χ0v) is 13.6. The number of hydrogen-bond donors (Lipinski definition) is 2. The first-order chi connectivity index (χ1) is 12.3. The molecule has 3 rings (SSSR count). The Morgan fingerprint density at radius 3 is 2.38 bits per heavy atom. The number of carbonyl (C=O) groups excluding carboxylic acids is 1. The van der Waals surface area contributed by atoms with Gasteiger partial charge in [-0.2, -0.15) is 13.2 Å². The van der Waals surface area contributed by atoms with E-state index in [9.17, 15) is 18.0 Å². The van der Waals surface area contributed by atoms with E-state index in [0.29, 0.717) is 11.4 Å². The molecule has 9 heteroatoms. The van der Waals surface area contributed by atoms with Crippen molar-refractivity contribution in [2.75, 3.05) is 10.6 Å². The maximum atomic E-state index is 13.2. The van der Waals surface area contributed by atoms with Crippen molar-refractivity contribution in [1.82, 2.24) is 14.5 Å². The van der Waals surface area contributed by atoms with Crippen LogP contribution in [-0.2, 0) is 13.2 Å². The summed E-state index contributed by atoms with van der Waals surface area (Å²) in [6, 6.07) is 5.76. The molecule has 1 aromatic carbocycles. The fraction of sp³-hybridized carbons (Fsp3) is 0.118. The van der Waals surface area contributed by atoms with Gasteiger partial charge in [0.25, 0.3) is 0 Å². The van der Waals surface area contributed by atoms with E-state index in [2.05, 4.69) is 20.6 Å². The van der Waals surface area contributed by atoms with Crippen molar-refractivity contribution < 1.29 is 18.0 Å². The molecule has 2 amide bonds. The molecule has 0 atom stereocenters. The van der Waals surface area contributed by atoms with Gasteiger partial charge in [-0.1, -0.05) is 0 Å². The molecule has 2 heterocycles. The van der Waals surface area contributed by atoms with Gasteiger partial charge >= 0.3 is 12.2 Å². The van der Waals surface area contributed by atoms with E-state index in [-0.39, 0.29) is 11.3 Å². The van der Waals surface area contributed by atoms with Crippen LogP contribution in [0.5, 0.6) is 0 Å². The molecule has 0 spiro atoms. The minimum absolute atomic E-state index is 0.00651. The third kappa shape index (κ3) is 4.18. The van der Waals surface area contributed by atoms with E-state index < -0.39 is 17.8 Å². The Balaban J connectivity index is 1.89. The molecular formula is C17H14F3N5O. The Kier molecular flexibility index (Phi) is 4.61. The molecule has 134 valence electrons. The summed E-state index contributed by atoms with van der Waals surface area (Å²) >= 11 is 0. The number of aromatic nitrogens is 3. The molecule has 2 N–H and O–H groups in total. The summed E-state index contributed by atoms with van der Waals surface area (Å²) in [5, 5.41) is 4.94. The van der Waals surface area contributed by atoms with Crippen LogP contribution >= 0.6 is 0 Å². The number of halogens is 3. The van der Waals surface area contributed by atoms with Crippen LogP contribution in [0.1, 0.15) is 5.56 Å². The SMILES string of the molecule is Cn1cnc(-c2cc(NC(=O)Nc3ccncc3)cc(C(F)(F)F)c2)c1. The number of nitrogens with zero attached hydrogens (tertiary/aromatic N) is 3. The average molecular weight is 361 g/mol. The van der Waals surface area contributed by atoms with E-state index in [1.54, 1.807) is 29.9 Å². The number of imidazole rings is 1. The van der Waals surface area contributed by atoms with Crippen molar-refractivity contribution >= 4 is 17.4 Å². The average Bonchev–Trinajstić information content (AvgIpc) is 3.01. The number of carbonyl (C=O) groups is 1. The highest BCUT2D eigenvalue weighted by Gasteiger charge is 2.31. The van der Waals surface area contributed by atoms with E-state index in [0.717, 1.165) is 12.1 Å². The lowest BCUT2D eigenvalue weighted by Crippen LogP contribution is -2.20. The standard InChI is InChI=1S/C17H14F3N5O/c1-25-9-15(22-10-25)11-6-12(17(18,19)20)8-14(7-11)24-16(26)23-13-2-4-21-5-3-13/h2-10H,1H3,(H2,21,23,24,26). The van der Waals surface area contributed by atoms with Gasteiger partial charge in [-0.15, -0.1) is 0 Å². The summed E-state index contributed by atoms with van der Waals surface area (Å²) in [5.74, 6) is 0. The van der Waals surface area contributed by atoms with Gasteiger partial charge in [0.1, 0.15) is 0 Å². The summed E-state index contributed by atoms with van der Waals surface area (Å²) in [7, 11) is 1.71. The molecule has 0 saturated carbocycles. The molecular weight excluding hydrogens is 347 g/mol. The van der Waals surface area contributed by atoms with E-state index in [1.807, 2.05) is 0 Å². The number of hydrogen-bond acceptors (Lipinski definition) is 3. The van der Waals surface area contributed by atoms with Gasteiger partial charge in [0, 0.05) is 42.6 Å². The number of alkyl halides is 3. The Labute approximate surface area is 146 Å². The topological polar surface area (TPSA) is 71.8 Å². The molecule has 0 aliphatic carbocycles. The van der Waals surface area contributed by atoms with Gasteiger partial charge in [0.15, 0.2) is 0 Å². The predicted molar refractivity (Wildman–Crippen MR) is 90.5 cm³/mol. The van der Waals surface area contributed by atoms with Gasteiger partial charge in [0.05, 0.1) is 17.6 Å². The molecule has 6 nitrogen and oxygen atoms in total. The maximum Gasteiger partial charge on any atom is 0.416 e. The number of pyridine rings is 1. The lowest BCUT2D eigenvalue weighted by Gasteiger charge is -2.13. The van der Waals surface area contributed by atoms with Crippen molar-refractivity contribution in [3.8, 4) is 11.3 Å². The lowest BCUT2D eigenvalue weighted by atomic mass is 10.1. The summed E-state index contributed by atoms with van der Waals surface area (Å²) in [5.41, 5.74) is 0.220. The highest BCUT2D eigenvalue weighted by atomic mass is 19.4. The van der Waals surface area contributed by atoms with Gasteiger partial charge in [0.2, 0.25) is 0 Å². The monoisotopic (exact) mass is 361 g/mol. The van der Waals surface area contributed by atoms with Crippen LogP contribution in [0.2, 0.25) is 0 Å². The summed E-state index contributed by atoms with van der Waals surface area (Å²) in [6.07, 6.45) is 1.50. The molecule has 0 fully saturated rings. The van der Waals surface area contributed by atoms with Crippen LogP contribution in [0.3, 0.4) is 0 Å². The molecule has 0 aliphatic rings. The molecule has 0 radical (unpaired) electrons. The Morgan fingerprint density at radius 2 is 1.77 bits per heavy atom. The smallest absolute Gasteiger partial charge is 0.340 e. The molecule has 0 unspecified atom stereocenters. The van der Waals surface area contributed by atoms with E-state index >= 15 is 0 Å². The molecule has 0 aliphatic heterocycles. The maximum absolute atomic E-state index is 13.2. The van der Waals surface area contributed by atoms with Crippen molar-refractivity contribution in [2.45, 2.75) is 6.18 Å². The van der Waals surface area contributed by atoms with Crippen molar-refractivity contribution in [2.24, 2.45) is 7.05 Å². The number of urea groups is 1. The number of anilines is 2. The number of rotatable bonds is 3. The second-order valence-electron chi connectivity index (χ2n) is 5.54. The Morgan fingerprint density at radius 1 is 1.08 bits per heavy atom. The fourth-order valence-electron chi connectivity index (χ4n) is 2.30. The number of aryl methyl sites for hydroxylation is 1. The molecule has 0 bridgehead atoms. The van der Waals surface area contributed by atoms with Gasteiger partial charge < -0.3 is 15.2 Å². The zero-order valence-electron chi connectivity index (χ0n) is 13.6. The van der Waals surface area contributed by atoms with Crippen LogP contribution in [0.25, 0.3) is 11.3 Å². The third-order valence-corrected chi connectivity index (χ3v) is 3.46. The number of nitrogens with one attached hydrogen (secondary N) is 2. The largest absolute Gasteiger partial charge is 0.416 e. The fourth-order valence-corrected chi connectivity index (χ4v) is 2.30. The normalized spacial score (nSPS) is 11.2. The zero-order chi connectivity index (χ0) is 18.7. The molecule has 3 aromatic rings. The van der Waals surface area contributed by atoms with Crippen molar-refractivity contribution in [1.29, 1.82) is 0 Å². The highest BCUT2D eigenvalue weighted by Crippen LogP contribution is 2.34. The summed E-state index contributed by atoms with van der Waals surface area (Å²) < 4.78 is 41.2. The van der Waals surface area contributed by atoms with E-state index in [4.69, 9.17) is 0 Å². The third-order valence-electron chi connectivity index (χ3n) is 3.46. The van der Waals surface area contributed by atoms with Gasteiger partial charge in [-0.3, -0.25) is 4.98 Å². The first-order valence-corrected chi connectivity index (χ1v) is 7.50. The first kappa shape index (κ1) is 17.5. The molecule has 26 heavy (non-hydrogen) atoms. The van der Waals surface area contributed by atoms with Crippen LogP contribution in [-0.4, -0.2) is 20.6 Å². The minimum Gasteiger partial charge on any atom is -0.340 e. The lowest BCUT2D eigenvalue weighted by molar-refractivity contribution is -0.137. The van der Waals surface area contributed by atoms with E-state index in [1.165, 1.54) is 24.8 Å². The van der Waals surface area contributed by atoms with Crippen molar-refractivity contribution in [3.05, 3.63) is 60.8 Å². The van der Waals surface area contributed by atoms with Crippen LogP contribution in [0.4, 0.5) is 29.3 Å². The molecule has 2 aromatic heterocycles. The summed E-state index contributed by atoms with van der Waals surface area (Å²) in [6.45, 7) is 0. The Hall–Kier alpha value is -3.36. The minimum atomic E-state index is -4.55. The van der Waals surface area contributed by atoms with Gasteiger partial charge in [-0.05, 0) is 30.3 Å². The second kappa shape index (κ2) is 6.87. The van der Waals surface area contributed by atoms with Crippen molar-refractivity contribution in [3.63, 3.8) is 0 Å². The van der Waals surface area contributed by atoms with Crippen LogP contribution in [0, 0.1) is 0 Å². The highest BCUT2D eigenvalue weighted by molar-refractivity contribution is 6.00. The quantitative estimate of drug-likeness (QED) is 0.736. The Bertz CT molecular complexity index is 922. The number of benzene rings is 1. The number of amides is 2. The van der Waals surface area contributed by atoms with Crippen LogP contribution in [0.15, 0.2) is 55.2 Å².